The molecule has 1 amide bonds. The van der Waals surface area contributed by atoms with Crippen LogP contribution in [0.4, 0.5) is 5.82 Å². The first-order valence-electron chi connectivity index (χ1n) is 9.13. The van der Waals surface area contributed by atoms with Gasteiger partial charge in [-0.2, -0.15) is 0 Å². The maximum atomic E-state index is 12.1. The van der Waals surface area contributed by atoms with Crippen molar-refractivity contribution in [2.75, 3.05) is 18.0 Å². The Labute approximate surface area is 174 Å². The highest BCUT2D eigenvalue weighted by molar-refractivity contribution is 7.98. The highest BCUT2D eigenvalue weighted by atomic mass is 35.5. The molecule has 1 heterocycles. The minimum atomic E-state index is -0.00551. The molecule has 1 fully saturated rings. The highest BCUT2D eigenvalue weighted by Crippen LogP contribution is 2.25. The van der Waals surface area contributed by atoms with Gasteiger partial charge in [-0.15, -0.1) is 13.2 Å². The molecule has 1 saturated carbocycles. The van der Waals surface area contributed by atoms with E-state index < -0.39 is 0 Å². The summed E-state index contributed by atoms with van der Waals surface area (Å²) in [6.45, 7) is 8.86. The van der Waals surface area contributed by atoms with Crippen LogP contribution in [0.1, 0.15) is 28.8 Å². The molecule has 0 unspecified atom stereocenters. The quantitative estimate of drug-likeness (QED) is 0.268. The van der Waals surface area contributed by atoms with E-state index in [9.17, 15) is 4.79 Å². The molecule has 0 saturated heterocycles. The van der Waals surface area contributed by atoms with E-state index in [0.29, 0.717) is 40.8 Å². The largest absolute Gasteiger partial charge is 0.349 e. The fourth-order valence-corrected chi connectivity index (χ4v) is 3.62. The van der Waals surface area contributed by atoms with Crippen molar-refractivity contribution < 1.29 is 4.79 Å². The summed E-state index contributed by atoms with van der Waals surface area (Å²) in [5.41, 5.74) is 1.78. The number of nitrogens with one attached hydrogen (secondary N) is 1. The molecule has 1 N–H and O–H groups in total. The summed E-state index contributed by atoms with van der Waals surface area (Å²) in [6, 6.07) is 9.73. The van der Waals surface area contributed by atoms with Crippen molar-refractivity contribution in [1.29, 1.82) is 0 Å². The molecular formula is C21H23ClN4OS. The summed E-state index contributed by atoms with van der Waals surface area (Å²) in [5, 5.41) is 4.00. The molecule has 0 radical (unpaired) electrons. The van der Waals surface area contributed by atoms with Gasteiger partial charge in [0.15, 0.2) is 5.16 Å². The lowest BCUT2D eigenvalue weighted by atomic mass is 10.1. The van der Waals surface area contributed by atoms with Crippen molar-refractivity contribution in [3.8, 4) is 0 Å². The predicted octanol–water partition coefficient (Wildman–Crippen LogP) is 4.49. The Morgan fingerprint density at radius 1 is 1.21 bits per heavy atom. The van der Waals surface area contributed by atoms with Gasteiger partial charge in [-0.3, -0.25) is 4.79 Å². The number of nitrogens with zero attached hydrogens (tertiary/aromatic N) is 3. The molecule has 1 aromatic carbocycles. The van der Waals surface area contributed by atoms with Crippen molar-refractivity contribution in [2.24, 2.45) is 0 Å². The van der Waals surface area contributed by atoms with Gasteiger partial charge in [-0.1, -0.05) is 47.6 Å². The lowest BCUT2D eigenvalue weighted by Gasteiger charge is -2.20. The standard InChI is InChI=1S/C21H23ClN4OS/c1-3-11-26(12-4-2)19-13-18(22)24-21(25-19)28-14-15-5-7-16(8-6-15)20(27)23-17-9-10-17/h3-8,13,17H,1-2,9-12,14H2,(H,23,27). The number of benzene rings is 1. The average Bonchev–Trinajstić information content (AvgIpc) is 3.50. The summed E-state index contributed by atoms with van der Waals surface area (Å²) in [5.74, 6) is 1.43. The Balaban J connectivity index is 1.64. The van der Waals surface area contributed by atoms with E-state index in [1.807, 2.05) is 41.3 Å². The van der Waals surface area contributed by atoms with Crippen molar-refractivity contribution in [3.05, 3.63) is 71.9 Å². The van der Waals surface area contributed by atoms with E-state index in [-0.39, 0.29) is 5.91 Å². The number of carbonyl (C=O) groups excluding carboxylic acids is 1. The Morgan fingerprint density at radius 3 is 2.50 bits per heavy atom. The second-order valence-corrected chi connectivity index (χ2v) is 7.88. The Morgan fingerprint density at radius 2 is 1.89 bits per heavy atom. The summed E-state index contributed by atoms with van der Waals surface area (Å²) in [7, 11) is 0. The smallest absolute Gasteiger partial charge is 0.251 e. The van der Waals surface area contributed by atoms with Gasteiger partial charge in [-0.25, -0.2) is 9.97 Å². The molecule has 7 heteroatoms. The highest BCUT2D eigenvalue weighted by Gasteiger charge is 2.23. The van der Waals surface area contributed by atoms with Crippen LogP contribution in [0.5, 0.6) is 0 Å². The number of thioether (sulfide) groups is 1. The predicted molar refractivity (Wildman–Crippen MR) is 116 cm³/mol. The fourth-order valence-electron chi connectivity index (χ4n) is 2.58. The zero-order valence-corrected chi connectivity index (χ0v) is 17.2. The van der Waals surface area contributed by atoms with E-state index in [0.717, 1.165) is 24.2 Å². The minimum Gasteiger partial charge on any atom is -0.349 e. The maximum Gasteiger partial charge on any atom is 0.251 e. The summed E-state index contributed by atoms with van der Waals surface area (Å²) < 4.78 is 0. The number of hydrogen-bond donors (Lipinski definition) is 1. The van der Waals surface area contributed by atoms with Crippen LogP contribution in [0.2, 0.25) is 5.15 Å². The third-order valence-corrected chi connectivity index (χ3v) is 5.29. The topological polar surface area (TPSA) is 58.1 Å². The zero-order chi connectivity index (χ0) is 19.9. The van der Waals surface area contributed by atoms with E-state index >= 15 is 0 Å². The number of carbonyl (C=O) groups is 1. The van der Waals surface area contributed by atoms with Crippen LogP contribution >= 0.6 is 23.4 Å². The molecule has 0 aliphatic heterocycles. The van der Waals surface area contributed by atoms with Gasteiger partial charge in [0.1, 0.15) is 11.0 Å². The zero-order valence-electron chi connectivity index (χ0n) is 15.6. The first-order valence-corrected chi connectivity index (χ1v) is 10.5. The molecule has 2 aromatic rings. The van der Waals surface area contributed by atoms with E-state index in [1.165, 1.54) is 11.8 Å². The monoisotopic (exact) mass is 414 g/mol. The van der Waals surface area contributed by atoms with Crippen molar-refractivity contribution >= 4 is 35.1 Å². The van der Waals surface area contributed by atoms with Gasteiger partial charge in [-0.05, 0) is 30.5 Å². The van der Waals surface area contributed by atoms with Crippen LogP contribution in [0, 0.1) is 0 Å². The number of amides is 1. The normalized spacial score (nSPS) is 13.0. The molecule has 1 aromatic heterocycles. The number of halogens is 1. The second-order valence-electron chi connectivity index (χ2n) is 6.55. The lowest BCUT2D eigenvalue weighted by molar-refractivity contribution is 0.0951. The Kier molecular flexibility index (Phi) is 7.12. The van der Waals surface area contributed by atoms with Crippen molar-refractivity contribution in [3.63, 3.8) is 0 Å². The van der Waals surface area contributed by atoms with E-state index in [1.54, 1.807) is 6.07 Å². The molecule has 0 spiro atoms. The molecule has 1 aliphatic rings. The number of anilines is 1. The molecule has 0 atom stereocenters. The van der Waals surface area contributed by atoms with E-state index in [4.69, 9.17) is 11.6 Å². The van der Waals surface area contributed by atoms with Crippen molar-refractivity contribution in [1.82, 2.24) is 15.3 Å². The molecule has 146 valence electrons. The SMILES string of the molecule is C=CCN(CC=C)c1cc(Cl)nc(SCc2ccc(C(=O)NC3CC3)cc2)n1. The Bertz CT molecular complexity index is 842. The summed E-state index contributed by atoms with van der Waals surface area (Å²) in [4.78, 5) is 23.0. The third kappa shape index (κ3) is 5.84. The second kappa shape index (κ2) is 9.75. The maximum absolute atomic E-state index is 12.1. The summed E-state index contributed by atoms with van der Waals surface area (Å²) in [6.07, 6.45) is 5.79. The van der Waals surface area contributed by atoms with Crippen LogP contribution in [-0.4, -0.2) is 35.0 Å². The van der Waals surface area contributed by atoms with Crippen LogP contribution in [0.15, 0.2) is 60.8 Å². The van der Waals surface area contributed by atoms with Crippen LogP contribution < -0.4 is 10.2 Å². The fraction of sp³-hybridized carbons (Fsp3) is 0.286. The van der Waals surface area contributed by atoms with Gasteiger partial charge in [0, 0.05) is 36.5 Å². The van der Waals surface area contributed by atoms with Crippen LogP contribution in [-0.2, 0) is 5.75 Å². The van der Waals surface area contributed by atoms with Gasteiger partial charge in [0.05, 0.1) is 0 Å². The van der Waals surface area contributed by atoms with Gasteiger partial charge < -0.3 is 10.2 Å². The first-order chi connectivity index (χ1) is 13.6. The number of aromatic nitrogens is 2. The molecule has 1 aliphatic carbocycles. The van der Waals surface area contributed by atoms with Gasteiger partial charge in [0.25, 0.3) is 5.91 Å². The molecule has 5 nitrogen and oxygen atoms in total. The Hall–Kier alpha value is -2.31. The molecular weight excluding hydrogens is 392 g/mol. The van der Waals surface area contributed by atoms with Crippen LogP contribution in [0.3, 0.4) is 0 Å². The van der Waals surface area contributed by atoms with Crippen molar-refractivity contribution in [2.45, 2.75) is 29.8 Å². The van der Waals surface area contributed by atoms with Crippen LogP contribution in [0.25, 0.3) is 0 Å². The van der Waals surface area contributed by atoms with E-state index in [2.05, 4.69) is 28.4 Å². The summed E-state index contributed by atoms with van der Waals surface area (Å²) >= 11 is 7.70. The molecule has 0 bridgehead atoms. The number of hydrogen-bond acceptors (Lipinski definition) is 5. The molecule has 3 rings (SSSR count). The average molecular weight is 415 g/mol. The van der Waals surface area contributed by atoms with Gasteiger partial charge >= 0.3 is 0 Å². The minimum absolute atomic E-state index is 0.00551. The third-order valence-electron chi connectivity index (χ3n) is 4.18. The molecule has 28 heavy (non-hydrogen) atoms. The lowest BCUT2D eigenvalue weighted by Crippen LogP contribution is -2.25. The van der Waals surface area contributed by atoms with Gasteiger partial charge in [0.2, 0.25) is 0 Å². The number of rotatable bonds is 10. The first kappa shape index (κ1) is 20.4.